The van der Waals surface area contributed by atoms with E-state index in [1.54, 1.807) is 24.3 Å². The summed E-state index contributed by atoms with van der Waals surface area (Å²) in [6.07, 6.45) is 0. The van der Waals surface area contributed by atoms with E-state index < -0.39 is 29.3 Å². The molecule has 1 atom stereocenters. The topological polar surface area (TPSA) is 108 Å². The molecule has 0 fully saturated rings. The first-order valence-electron chi connectivity index (χ1n) is 8.77. The van der Waals surface area contributed by atoms with Crippen molar-refractivity contribution >= 4 is 34.9 Å². The Labute approximate surface area is 172 Å². The molecule has 8 nitrogen and oxygen atoms in total. The van der Waals surface area contributed by atoms with E-state index in [2.05, 4.69) is 5.32 Å². The number of benzene rings is 2. The Morgan fingerprint density at radius 3 is 2.38 bits per heavy atom. The van der Waals surface area contributed by atoms with Crippen molar-refractivity contribution in [1.82, 2.24) is 0 Å². The molecule has 0 radical (unpaired) electrons. The average Bonchev–Trinajstić information content (AvgIpc) is 2.68. The zero-order valence-electron chi connectivity index (χ0n) is 16.2. The number of rotatable bonds is 8. The molecule has 2 aromatic rings. The fraction of sp³-hybridized carbons (Fsp3) is 0.300. The van der Waals surface area contributed by atoms with E-state index >= 15 is 0 Å². The van der Waals surface area contributed by atoms with Crippen molar-refractivity contribution in [3.8, 4) is 5.75 Å². The summed E-state index contributed by atoms with van der Waals surface area (Å²) in [6.45, 7) is 3.25. The van der Waals surface area contributed by atoms with Gasteiger partial charge >= 0.3 is 5.97 Å². The third kappa shape index (κ3) is 5.92. The van der Waals surface area contributed by atoms with Gasteiger partial charge in [-0.25, -0.2) is 0 Å². The first-order valence-corrected chi connectivity index (χ1v) is 9.15. The van der Waals surface area contributed by atoms with Crippen LogP contribution in [0.2, 0.25) is 5.02 Å². The fourth-order valence-corrected chi connectivity index (χ4v) is 2.90. The molecule has 154 valence electrons. The van der Waals surface area contributed by atoms with Gasteiger partial charge in [0.25, 0.3) is 11.6 Å². The molecule has 0 saturated carbocycles. The molecule has 0 bridgehead atoms. The largest absolute Gasteiger partial charge is 0.494 e. The second-order valence-electron chi connectivity index (χ2n) is 6.57. The maximum Gasteiger partial charge on any atom is 0.314 e. The number of halogens is 1. The number of anilines is 1. The molecule has 1 amide bonds. The summed E-state index contributed by atoms with van der Waals surface area (Å²) < 4.78 is 10.2. The van der Waals surface area contributed by atoms with Crippen LogP contribution in [0.4, 0.5) is 11.4 Å². The summed E-state index contributed by atoms with van der Waals surface area (Å²) in [5.74, 6) is -1.60. The quantitative estimate of drug-likeness (QED) is 0.390. The van der Waals surface area contributed by atoms with Crippen molar-refractivity contribution in [2.75, 3.05) is 19.0 Å². The van der Waals surface area contributed by atoms with E-state index in [0.29, 0.717) is 5.02 Å². The van der Waals surface area contributed by atoms with Gasteiger partial charge in [-0.05, 0) is 29.7 Å². The zero-order valence-corrected chi connectivity index (χ0v) is 16.9. The van der Waals surface area contributed by atoms with Crippen molar-refractivity contribution in [3.63, 3.8) is 0 Å². The number of esters is 1. The van der Waals surface area contributed by atoms with Crippen molar-refractivity contribution in [2.45, 2.75) is 19.8 Å². The number of nitro groups is 1. The normalized spacial score (nSPS) is 11.6. The van der Waals surface area contributed by atoms with Crippen LogP contribution in [0.3, 0.4) is 0 Å². The lowest BCUT2D eigenvalue weighted by Gasteiger charge is -2.20. The third-order valence-electron chi connectivity index (χ3n) is 4.17. The van der Waals surface area contributed by atoms with Crippen molar-refractivity contribution < 1.29 is 24.0 Å². The molecular weight excluding hydrogens is 400 g/mol. The summed E-state index contributed by atoms with van der Waals surface area (Å²) in [7, 11) is 1.33. The second kappa shape index (κ2) is 9.88. The van der Waals surface area contributed by atoms with Crippen LogP contribution < -0.4 is 10.1 Å². The van der Waals surface area contributed by atoms with Crippen LogP contribution in [0.1, 0.15) is 25.3 Å². The molecule has 1 N–H and O–H groups in total. The van der Waals surface area contributed by atoms with Gasteiger partial charge in [0.05, 0.1) is 29.7 Å². The predicted molar refractivity (Wildman–Crippen MR) is 108 cm³/mol. The van der Waals surface area contributed by atoms with Gasteiger partial charge in [-0.15, -0.1) is 0 Å². The number of ether oxygens (including phenoxy) is 2. The molecule has 0 aliphatic heterocycles. The van der Waals surface area contributed by atoms with E-state index in [0.717, 1.165) is 5.56 Å². The molecule has 0 saturated heterocycles. The highest BCUT2D eigenvalue weighted by atomic mass is 35.5. The molecule has 0 aliphatic rings. The molecule has 0 aliphatic carbocycles. The zero-order chi connectivity index (χ0) is 21.6. The minimum absolute atomic E-state index is 0.0542. The first kappa shape index (κ1) is 22.2. The fourth-order valence-electron chi connectivity index (χ4n) is 2.77. The molecule has 2 rings (SSSR count). The number of methoxy groups -OCH3 is 1. The van der Waals surface area contributed by atoms with E-state index in [-0.39, 0.29) is 23.0 Å². The number of nitro benzene ring substituents is 1. The summed E-state index contributed by atoms with van der Waals surface area (Å²) >= 11 is 5.89. The second-order valence-corrected chi connectivity index (χ2v) is 7.01. The van der Waals surface area contributed by atoms with Gasteiger partial charge in [0, 0.05) is 11.1 Å². The van der Waals surface area contributed by atoms with Crippen LogP contribution in [0.25, 0.3) is 0 Å². The molecule has 9 heteroatoms. The molecule has 2 aromatic carbocycles. The van der Waals surface area contributed by atoms with E-state index in [9.17, 15) is 19.7 Å². The lowest BCUT2D eigenvalue weighted by Crippen LogP contribution is -2.26. The SMILES string of the molecule is COc1cc([N+](=O)[O-])ccc1NC(=O)COC(=O)[C@@H](c1ccc(Cl)cc1)C(C)C. The number of nitrogens with one attached hydrogen (secondary N) is 1. The summed E-state index contributed by atoms with van der Waals surface area (Å²) in [4.78, 5) is 35.0. The Bertz CT molecular complexity index is 898. The Balaban J connectivity index is 2.03. The predicted octanol–water partition coefficient (Wildman–Crippen LogP) is 4.18. The maximum atomic E-state index is 12.5. The smallest absolute Gasteiger partial charge is 0.314 e. The highest BCUT2D eigenvalue weighted by Gasteiger charge is 2.26. The van der Waals surface area contributed by atoms with Crippen LogP contribution in [0.5, 0.6) is 5.75 Å². The number of non-ortho nitro benzene ring substituents is 1. The minimum Gasteiger partial charge on any atom is -0.494 e. The number of hydrogen-bond donors (Lipinski definition) is 1. The summed E-state index contributed by atoms with van der Waals surface area (Å²) in [5, 5.41) is 13.9. The number of carbonyl (C=O) groups excluding carboxylic acids is 2. The highest BCUT2D eigenvalue weighted by molar-refractivity contribution is 6.30. The van der Waals surface area contributed by atoms with Gasteiger partial charge in [-0.1, -0.05) is 37.6 Å². The lowest BCUT2D eigenvalue weighted by molar-refractivity contribution is -0.384. The van der Waals surface area contributed by atoms with Gasteiger partial charge in [-0.2, -0.15) is 0 Å². The van der Waals surface area contributed by atoms with Crippen molar-refractivity contribution in [2.24, 2.45) is 5.92 Å². The molecule has 29 heavy (non-hydrogen) atoms. The first-order chi connectivity index (χ1) is 13.7. The van der Waals surface area contributed by atoms with Crippen molar-refractivity contribution in [3.05, 3.63) is 63.2 Å². The average molecular weight is 421 g/mol. The number of nitrogens with zero attached hydrogens (tertiary/aromatic N) is 1. The molecule has 0 heterocycles. The van der Waals surface area contributed by atoms with Crippen LogP contribution >= 0.6 is 11.6 Å². The number of amides is 1. The molecular formula is C20H21ClN2O6. The van der Waals surface area contributed by atoms with Gasteiger partial charge in [0.1, 0.15) is 5.75 Å². The van der Waals surface area contributed by atoms with Gasteiger partial charge in [0.2, 0.25) is 0 Å². The Morgan fingerprint density at radius 1 is 1.17 bits per heavy atom. The van der Waals surface area contributed by atoms with E-state index in [4.69, 9.17) is 21.1 Å². The Hall–Kier alpha value is -3.13. The summed E-state index contributed by atoms with van der Waals surface area (Å²) in [6, 6.07) is 10.6. The van der Waals surface area contributed by atoms with Crippen molar-refractivity contribution in [1.29, 1.82) is 0 Å². The molecule has 0 unspecified atom stereocenters. The standard InChI is InChI=1S/C20H21ClN2O6/c1-12(2)19(13-4-6-14(21)7-5-13)20(25)29-11-18(24)22-16-9-8-15(23(26)27)10-17(16)28-3/h4-10,12,19H,11H2,1-3H3,(H,22,24)/t19-/m1/s1. The van der Waals surface area contributed by atoms with Crippen LogP contribution in [-0.2, 0) is 14.3 Å². The minimum atomic E-state index is -0.593. The third-order valence-corrected chi connectivity index (χ3v) is 4.42. The number of hydrogen-bond acceptors (Lipinski definition) is 6. The van der Waals surface area contributed by atoms with Gasteiger partial charge in [-0.3, -0.25) is 19.7 Å². The monoisotopic (exact) mass is 420 g/mol. The van der Waals surface area contributed by atoms with Gasteiger partial charge in [0.15, 0.2) is 6.61 Å². The lowest BCUT2D eigenvalue weighted by atomic mass is 9.88. The van der Waals surface area contributed by atoms with Crippen LogP contribution in [-0.4, -0.2) is 30.5 Å². The Morgan fingerprint density at radius 2 is 1.83 bits per heavy atom. The van der Waals surface area contributed by atoms with Gasteiger partial charge < -0.3 is 14.8 Å². The van der Waals surface area contributed by atoms with E-state index in [1.807, 2.05) is 13.8 Å². The van der Waals surface area contributed by atoms with E-state index in [1.165, 1.54) is 25.3 Å². The van der Waals surface area contributed by atoms with Crippen LogP contribution in [0, 0.1) is 16.0 Å². The van der Waals surface area contributed by atoms with Crippen LogP contribution in [0.15, 0.2) is 42.5 Å². The molecule has 0 aromatic heterocycles. The summed E-state index contributed by atoms with van der Waals surface area (Å²) in [5.41, 5.74) is 0.804. The Kier molecular flexibility index (Phi) is 7.55. The highest BCUT2D eigenvalue weighted by Crippen LogP contribution is 2.29. The number of carbonyl (C=O) groups is 2. The maximum absolute atomic E-state index is 12.5. The molecule has 0 spiro atoms.